The number of amides is 1. The Labute approximate surface area is 204 Å². The Hall–Kier alpha value is -4.07. The highest BCUT2D eigenvalue weighted by Gasteiger charge is 2.46. The number of nitrogens with one attached hydrogen (secondary N) is 1. The number of aromatic nitrogens is 2. The lowest BCUT2D eigenvalue weighted by atomic mass is 9.95. The fourth-order valence-electron chi connectivity index (χ4n) is 4.28. The van der Waals surface area contributed by atoms with Gasteiger partial charge in [0.2, 0.25) is 6.33 Å². The monoisotopic (exact) mass is 476 g/mol. The summed E-state index contributed by atoms with van der Waals surface area (Å²) in [5.74, 6) is -0.430. The van der Waals surface area contributed by atoms with Gasteiger partial charge in [-0.05, 0) is 24.1 Å². The van der Waals surface area contributed by atoms with Gasteiger partial charge in [0.05, 0.1) is 31.9 Å². The van der Waals surface area contributed by atoms with E-state index >= 15 is 0 Å². The first-order valence-corrected chi connectivity index (χ1v) is 11.7. The zero-order valence-electron chi connectivity index (χ0n) is 19.9. The molecule has 8 nitrogen and oxygen atoms in total. The van der Waals surface area contributed by atoms with Gasteiger partial charge in [-0.2, -0.15) is 0 Å². The fourth-order valence-corrected chi connectivity index (χ4v) is 4.28. The highest BCUT2D eigenvalue weighted by molar-refractivity contribution is 6.46. The van der Waals surface area contributed by atoms with Crippen molar-refractivity contribution >= 4 is 17.4 Å². The molecule has 1 fully saturated rings. The lowest BCUT2D eigenvalue weighted by molar-refractivity contribution is -0.695. The summed E-state index contributed by atoms with van der Waals surface area (Å²) in [7, 11) is 1.55. The SMILES string of the molecule is CCCOc1ccc(C2C(=C(O)c3ccccc3)C(=O)C(=O)N2CCC[n+]2cc[nH]c2)cc1OC. The summed E-state index contributed by atoms with van der Waals surface area (Å²) in [6.45, 7) is 3.57. The number of likely N-dealkylation sites (tertiary alicyclic amines) is 1. The summed E-state index contributed by atoms with van der Waals surface area (Å²) in [5.41, 5.74) is 1.21. The van der Waals surface area contributed by atoms with E-state index in [9.17, 15) is 14.7 Å². The van der Waals surface area contributed by atoms with Crippen molar-refractivity contribution in [3.63, 3.8) is 0 Å². The van der Waals surface area contributed by atoms with Gasteiger partial charge in [0, 0.05) is 18.5 Å². The van der Waals surface area contributed by atoms with E-state index in [4.69, 9.17) is 9.47 Å². The average Bonchev–Trinajstić information content (AvgIpc) is 3.50. The minimum absolute atomic E-state index is 0.0692. The number of benzene rings is 2. The van der Waals surface area contributed by atoms with Gasteiger partial charge in [0.1, 0.15) is 18.2 Å². The average molecular weight is 477 g/mol. The number of ketones is 1. The number of ether oxygens (including phenoxy) is 2. The summed E-state index contributed by atoms with van der Waals surface area (Å²) < 4.78 is 13.3. The third kappa shape index (κ3) is 5.06. The molecule has 4 rings (SSSR count). The third-order valence-electron chi connectivity index (χ3n) is 5.97. The minimum atomic E-state index is -0.749. The number of aliphatic hydroxyl groups is 1. The largest absolute Gasteiger partial charge is 0.507 e. The third-order valence-corrected chi connectivity index (χ3v) is 5.97. The topological polar surface area (TPSA) is 95.7 Å². The van der Waals surface area contributed by atoms with E-state index in [1.165, 1.54) is 4.90 Å². The summed E-state index contributed by atoms with van der Waals surface area (Å²) in [6.07, 6.45) is 7.04. The van der Waals surface area contributed by atoms with Gasteiger partial charge < -0.3 is 19.5 Å². The summed E-state index contributed by atoms with van der Waals surface area (Å²) in [4.78, 5) is 30.9. The Morgan fingerprint density at radius 2 is 1.94 bits per heavy atom. The van der Waals surface area contributed by atoms with Crippen LogP contribution in [0.3, 0.4) is 0 Å². The Morgan fingerprint density at radius 1 is 1.14 bits per heavy atom. The molecule has 1 saturated heterocycles. The van der Waals surface area contributed by atoms with Crippen LogP contribution in [0.4, 0.5) is 0 Å². The quantitative estimate of drug-likeness (QED) is 0.202. The van der Waals surface area contributed by atoms with E-state index in [0.717, 1.165) is 6.42 Å². The van der Waals surface area contributed by atoms with E-state index in [1.54, 1.807) is 43.5 Å². The maximum absolute atomic E-state index is 13.2. The second-order valence-electron chi connectivity index (χ2n) is 8.32. The van der Waals surface area contributed by atoms with Gasteiger partial charge in [-0.3, -0.25) is 14.6 Å². The van der Waals surface area contributed by atoms with Gasteiger partial charge in [-0.25, -0.2) is 4.57 Å². The zero-order valence-corrected chi connectivity index (χ0v) is 19.9. The number of aryl methyl sites for hydroxylation is 1. The van der Waals surface area contributed by atoms with Crippen LogP contribution in [0.25, 0.3) is 5.76 Å². The molecule has 0 saturated carbocycles. The highest BCUT2D eigenvalue weighted by Crippen LogP contribution is 2.42. The number of hydrogen-bond donors (Lipinski definition) is 2. The molecule has 2 N–H and O–H groups in total. The molecule has 182 valence electrons. The Kier molecular flexibility index (Phi) is 7.50. The summed E-state index contributed by atoms with van der Waals surface area (Å²) >= 11 is 0. The first-order valence-electron chi connectivity index (χ1n) is 11.7. The van der Waals surface area contributed by atoms with Crippen LogP contribution in [0.1, 0.15) is 36.9 Å². The molecule has 0 aliphatic carbocycles. The molecule has 0 spiro atoms. The Balaban J connectivity index is 1.74. The number of Topliss-reactive ketones (excluding diaryl/α,β-unsaturated/α-hetero) is 1. The van der Waals surface area contributed by atoms with Crippen LogP contribution < -0.4 is 14.0 Å². The van der Waals surface area contributed by atoms with Crippen molar-refractivity contribution in [1.29, 1.82) is 0 Å². The second-order valence-corrected chi connectivity index (χ2v) is 8.32. The molecule has 1 aliphatic heterocycles. The van der Waals surface area contributed by atoms with Crippen molar-refractivity contribution in [1.82, 2.24) is 9.88 Å². The van der Waals surface area contributed by atoms with Crippen molar-refractivity contribution in [2.45, 2.75) is 32.4 Å². The Morgan fingerprint density at radius 3 is 2.63 bits per heavy atom. The van der Waals surface area contributed by atoms with Gasteiger partial charge in [0.15, 0.2) is 11.5 Å². The molecule has 0 bridgehead atoms. The van der Waals surface area contributed by atoms with E-state index < -0.39 is 17.7 Å². The van der Waals surface area contributed by atoms with E-state index in [-0.39, 0.29) is 11.3 Å². The number of rotatable bonds is 10. The molecule has 1 unspecified atom stereocenters. The number of aliphatic hydroxyl groups excluding tert-OH is 1. The van der Waals surface area contributed by atoms with Crippen LogP contribution >= 0.6 is 0 Å². The molecular weight excluding hydrogens is 446 g/mol. The molecule has 1 aliphatic rings. The van der Waals surface area contributed by atoms with Crippen molar-refractivity contribution in [2.24, 2.45) is 0 Å². The van der Waals surface area contributed by atoms with Crippen molar-refractivity contribution in [3.8, 4) is 11.5 Å². The number of aromatic amines is 1. The van der Waals surface area contributed by atoms with Crippen molar-refractivity contribution < 1.29 is 28.7 Å². The fraction of sp³-hybridized carbons (Fsp3) is 0.296. The molecular formula is C27H30N3O5+. The van der Waals surface area contributed by atoms with Gasteiger partial charge in [0.25, 0.3) is 11.7 Å². The molecule has 1 aromatic heterocycles. The molecule has 35 heavy (non-hydrogen) atoms. The van der Waals surface area contributed by atoms with Crippen LogP contribution in [0.15, 0.2) is 72.8 Å². The standard InChI is InChI=1S/C27H29N3O5/c1-3-16-35-21-11-10-20(17-22(21)34-2)24-23(25(31)19-8-5-4-6-9-19)26(32)27(33)30(24)14-7-13-29-15-12-28-18-29/h4-6,8-12,15,17-18,24H,3,7,13-14,16H2,1-2H3,(H,31,32)/p+1. The number of H-pyrrole nitrogens is 1. The lowest BCUT2D eigenvalue weighted by Crippen LogP contribution is -2.36. The number of methoxy groups -OCH3 is 1. The number of carbonyl (C=O) groups excluding carboxylic acids is 2. The van der Waals surface area contributed by atoms with E-state index in [1.807, 2.05) is 42.3 Å². The van der Waals surface area contributed by atoms with Crippen LogP contribution in [-0.4, -0.2) is 46.9 Å². The number of imidazole rings is 1. The summed E-state index contributed by atoms with van der Waals surface area (Å²) in [6, 6.07) is 13.4. The van der Waals surface area contributed by atoms with E-state index in [2.05, 4.69) is 4.98 Å². The lowest BCUT2D eigenvalue weighted by Gasteiger charge is -2.26. The smallest absolute Gasteiger partial charge is 0.295 e. The second kappa shape index (κ2) is 10.9. The highest BCUT2D eigenvalue weighted by atomic mass is 16.5. The molecule has 2 aromatic carbocycles. The van der Waals surface area contributed by atoms with Crippen LogP contribution in [0.2, 0.25) is 0 Å². The normalized spacial score (nSPS) is 17.1. The molecule has 3 aromatic rings. The van der Waals surface area contributed by atoms with Crippen molar-refractivity contribution in [3.05, 3.63) is 84.0 Å². The van der Waals surface area contributed by atoms with Crippen LogP contribution in [0, 0.1) is 0 Å². The molecule has 0 radical (unpaired) electrons. The van der Waals surface area contributed by atoms with Gasteiger partial charge in [-0.15, -0.1) is 0 Å². The van der Waals surface area contributed by atoms with Crippen LogP contribution in [-0.2, 0) is 16.1 Å². The number of hydrogen-bond acceptors (Lipinski definition) is 5. The molecule has 2 heterocycles. The molecule has 8 heteroatoms. The predicted molar refractivity (Wildman–Crippen MR) is 130 cm³/mol. The zero-order chi connectivity index (χ0) is 24.8. The maximum atomic E-state index is 13.2. The number of carbonyl (C=O) groups is 2. The maximum Gasteiger partial charge on any atom is 0.295 e. The Bertz CT molecular complexity index is 1200. The van der Waals surface area contributed by atoms with Crippen LogP contribution in [0.5, 0.6) is 11.5 Å². The minimum Gasteiger partial charge on any atom is -0.507 e. The molecule has 1 amide bonds. The first kappa shape index (κ1) is 24.1. The molecule has 1 atom stereocenters. The van der Waals surface area contributed by atoms with E-state index in [0.29, 0.717) is 48.7 Å². The van der Waals surface area contributed by atoms with Gasteiger partial charge >= 0.3 is 0 Å². The number of nitrogens with zero attached hydrogens (tertiary/aromatic N) is 2. The van der Waals surface area contributed by atoms with Crippen molar-refractivity contribution in [2.75, 3.05) is 20.3 Å². The first-order chi connectivity index (χ1) is 17.0. The van der Waals surface area contributed by atoms with Gasteiger partial charge in [-0.1, -0.05) is 43.3 Å². The summed E-state index contributed by atoms with van der Waals surface area (Å²) in [5, 5.41) is 11.1. The predicted octanol–water partition coefficient (Wildman–Crippen LogP) is 3.61.